The molecule has 2 heterocycles. The summed E-state index contributed by atoms with van der Waals surface area (Å²) in [5.41, 5.74) is -0.701. The van der Waals surface area contributed by atoms with Crippen molar-refractivity contribution in [2.45, 2.75) is 16.9 Å². The molecular formula is C28H27F3N4OS. The van der Waals surface area contributed by atoms with E-state index in [0.717, 1.165) is 42.9 Å². The topological polar surface area (TPSA) is 40.5 Å². The van der Waals surface area contributed by atoms with Crippen molar-refractivity contribution < 1.29 is 13.2 Å². The third-order valence-electron chi connectivity index (χ3n) is 6.54. The van der Waals surface area contributed by atoms with Crippen molar-refractivity contribution in [3.05, 3.63) is 94.8 Å². The largest absolute Gasteiger partial charge is 0.446 e. The molecule has 1 aliphatic heterocycles. The lowest BCUT2D eigenvalue weighted by Gasteiger charge is -2.34. The molecule has 0 saturated carbocycles. The first-order chi connectivity index (χ1) is 17.7. The number of hydrogen-bond donors (Lipinski definition) is 1. The maximum atomic E-state index is 13.1. The van der Waals surface area contributed by atoms with E-state index in [4.69, 9.17) is 0 Å². The Bertz CT molecular complexity index is 1440. The van der Waals surface area contributed by atoms with Crippen molar-refractivity contribution in [3.8, 4) is 0 Å². The van der Waals surface area contributed by atoms with Crippen molar-refractivity contribution in [2.75, 3.05) is 43.4 Å². The van der Waals surface area contributed by atoms with Crippen LogP contribution in [0.1, 0.15) is 5.56 Å². The van der Waals surface area contributed by atoms with Crippen LogP contribution in [0, 0.1) is 0 Å². The Morgan fingerprint density at radius 3 is 2.27 bits per heavy atom. The molecule has 1 N–H and O–H groups in total. The second-order valence-electron chi connectivity index (χ2n) is 9.15. The summed E-state index contributed by atoms with van der Waals surface area (Å²) in [5.74, 6) is 0. The molecule has 9 heteroatoms. The molecule has 1 saturated heterocycles. The molecule has 1 aliphatic rings. The number of nitrogens with zero attached hydrogens (tertiary/aromatic N) is 3. The molecular weight excluding hydrogens is 497 g/mol. The van der Waals surface area contributed by atoms with Gasteiger partial charge in [0.2, 0.25) is 0 Å². The number of hydrogen-bond acceptors (Lipinski definition) is 5. The molecule has 4 aromatic rings. The highest BCUT2D eigenvalue weighted by atomic mass is 32.2. The van der Waals surface area contributed by atoms with Gasteiger partial charge in [-0.15, -0.1) is 0 Å². The van der Waals surface area contributed by atoms with E-state index in [9.17, 15) is 18.0 Å². The van der Waals surface area contributed by atoms with Crippen LogP contribution in [0.15, 0.2) is 88.6 Å². The second-order valence-corrected chi connectivity index (χ2v) is 10.3. The van der Waals surface area contributed by atoms with E-state index in [-0.39, 0.29) is 28.8 Å². The fourth-order valence-corrected chi connectivity index (χ4v) is 5.20. The van der Waals surface area contributed by atoms with E-state index in [0.29, 0.717) is 11.1 Å². The Balaban J connectivity index is 1.40. The summed E-state index contributed by atoms with van der Waals surface area (Å²) in [7, 11) is 2.13. The molecule has 0 atom stereocenters. The highest BCUT2D eigenvalue weighted by Gasteiger charge is 2.30. The standard InChI is InChI=1S/C28H27F3N4OS/c1-33-14-16-34(17-15-33)24-11-9-22(10-12-24)32-23-8-6-20-7-13-27(36)35(25(20)18-23)19-21-4-2-3-5-26(21)37-28(29,30)31/h2-13,18,32H,14-17,19H2,1H3. The Kier molecular flexibility index (Phi) is 7.17. The zero-order valence-corrected chi connectivity index (χ0v) is 21.1. The van der Waals surface area contributed by atoms with Gasteiger partial charge in [0.1, 0.15) is 0 Å². The quantitative estimate of drug-likeness (QED) is 0.306. The average molecular weight is 525 g/mol. The Hall–Kier alpha value is -3.43. The molecule has 5 nitrogen and oxygen atoms in total. The molecule has 0 bridgehead atoms. The number of nitrogens with one attached hydrogen (secondary N) is 1. The number of piperazine rings is 1. The van der Waals surface area contributed by atoms with Crippen molar-refractivity contribution in [2.24, 2.45) is 0 Å². The molecule has 0 amide bonds. The summed E-state index contributed by atoms with van der Waals surface area (Å²) in [6.07, 6.45) is 0. The minimum Gasteiger partial charge on any atom is -0.369 e. The minimum atomic E-state index is -4.41. The van der Waals surface area contributed by atoms with E-state index in [1.165, 1.54) is 22.4 Å². The molecule has 0 unspecified atom stereocenters. The highest BCUT2D eigenvalue weighted by Crippen LogP contribution is 2.38. The lowest BCUT2D eigenvalue weighted by atomic mass is 10.1. The van der Waals surface area contributed by atoms with E-state index >= 15 is 0 Å². The maximum Gasteiger partial charge on any atom is 0.446 e. The molecule has 1 aromatic heterocycles. The van der Waals surface area contributed by atoms with Crippen molar-refractivity contribution in [3.63, 3.8) is 0 Å². The van der Waals surface area contributed by atoms with Crippen molar-refractivity contribution >= 4 is 39.7 Å². The number of benzene rings is 3. The number of fused-ring (bicyclic) bond motifs is 1. The smallest absolute Gasteiger partial charge is 0.369 e. The van der Waals surface area contributed by atoms with Crippen molar-refractivity contribution in [1.82, 2.24) is 9.47 Å². The van der Waals surface area contributed by atoms with Gasteiger partial charge in [0.25, 0.3) is 5.56 Å². The summed E-state index contributed by atoms with van der Waals surface area (Å²) >= 11 is -0.159. The van der Waals surface area contributed by atoms with E-state index in [1.54, 1.807) is 24.3 Å². The van der Waals surface area contributed by atoms with E-state index in [2.05, 4.69) is 34.3 Å². The van der Waals surface area contributed by atoms with Gasteiger partial charge in [0.15, 0.2) is 0 Å². The van der Waals surface area contributed by atoms with Gasteiger partial charge in [0, 0.05) is 54.2 Å². The lowest BCUT2D eigenvalue weighted by molar-refractivity contribution is -0.0328. The van der Waals surface area contributed by atoms with Gasteiger partial charge in [-0.3, -0.25) is 4.79 Å². The first kappa shape index (κ1) is 25.2. The van der Waals surface area contributed by atoms with E-state index in [1.807, 2.05) is 30.3 Å². The van der Waals surface area contributed by atoms with Gasteiger partial charge in [-0.2, -0.15) is 13.2 Å². The van der Waals surface area contributed by atoms with Gasteiger partial charge in [-0.05, 0) is 78.3 Å². The average Bonchev–Trinajstić information content (AvgIpc) is 2.87. The molecule has 5 rings (SSSR count). The molecule has 37 heavy (non-hydrogen) atoms. The normalized spacial score (nSPS) is 14.8. The number of rotatable bonds is 6. The van der Waals surface area contributed by atoms with E-state index < -0.39 is 5.51 Å². The van der Waals surface area contributed by atoms with Crippen LogP contribution >= 0.6 is 11.8 Å². The predicted octanol–water partition coefficient (Wildman–Crippen LogP) is 6.16. The molecule has 192 valence electrons. The van der Waals surface area contributed by atoms with Gasteiger partial charge < -0.3 is 19.7 Å². The fraction of sp³-hybridized carbons (Fsp3) is 0.250. The summed E-state index contributed by atoms with van der Waals surface area (Å²) in [4.78, 5) is 17.6. The van der Waals surface area contributed by atoms with Gasteiger partial charge in [-0.1, -0.05) is 24.3 Å². The Morgan fingerprint density at radius 2 is 1.54 bits per heavy atom. The molecule has 0 radical (unpaired) electrons. The zero-order valence-electron chi connectivity index (χ0n) is 20.3. The number of likely N-dealkylation sites (N-methyl/N-ethyl adjacent to an activating group) is 1. The van der Waals surface area contributed by atoms with Crippen LogP contribution in [0.4, 0.5) is 30.2 Å². The van der Waals surface area contributed by atoms with Gasteiger partial charge in [0.05, 0.1) is 12.1 Å². The zero-order chi connectivity index (χ0) is 26.0. The number of pyridine rings is 1. The summed E-state index contributed by atoms with van der Waals surface area (Å²) in [5, 5.41) is 4.22. The van der Waals surface area contributed by atoms with Crippen LogP contribution in [-0.2, 0) is 6.54 Å². The summed E-state index contributed by atoms with van der Waals surface area (Å²) in [6, 6.07) is 23.5. The fourth-order valence-electron chi connectivity index (χ4n) is 4.54. The Morgan fingerprint density at radius 1 is 0.865 bits per heavy atom. The SMILES string of the molecule is CN1CCN(c2ccc(Nc3ccc4ccc(=O)n(Cc5ccccc5SC(F)(F)F)c4c3)cc2)CC1. The van der Waals surface area contributed by atoms with Gasteiger partial charge >= 0.3 is 5.51 Å². The van der Waals surface area contributed by atoms with Crippen LogP contribution in [0.5, 0.6) is 0 Å². The maximum absolute atomic E-state index is 13.1. The first-order valence-electron chi connectivity index (χ1n) is 12.0. The predicted molar refractivity (Wildman–Crippen MR) is 145 cm³/mol. The third kappa shape index (κ3) is 6.11. The molecule has 3 aromatic carbocycles. The molecule has 1 fully saturated rings. The number of anilines is 3. The number of thioether (sulfide) groups is 1. The van der Waals surface area contributed by atoms with Crippen LogP contribution in [0.2, 0.25) is 0 Å². The van der Waals surface area contributed by atoms with Crippen LogP contribution in [0.25, 0.3) is 10.9 Å². The Labute approximate surface area is 217 Å². The lowest BCUT2D eigenvalue weighted by Crippen LogP contribution is -2.44. The highest BCUT2D eigenvalue weighted by molar-refractivity contribution is 8.00. The number of halogens is 3. The van der Waals surface area contributed by atoms with Crippen LogP contribution in [0.3, 0.4) is 0 Å². The van der Waals surface area contributed by atoms with Crippen molar-refractivity contribution in [1.29, 1.82) is 0 Å². The third-order valence-corrected chi connectivity index (χ3v) is 7.39. The van der Waals surface area contributed by atoms with Crippen LogP contribution in [-0.4, -0.2) is 48.2 Å². The summed E-state index contributed by atoms with van der Waals surface area (Å²) in [6.45, 7) is 4.11. The number of aromatic nitrogens is 1. The molecule has 0 aliphatic carbocycles. The monoisotopic (exact) mass is 524 g/mol. The summed E-state index contributed by atoms with van der Waals surface area (Å²) < 4.78 is 40.8. The molecule has 0 spiro atoms. The van der Waals surface area contributed by atoms with Crippen LogP contribution < -0.4 is 15.8 Å². The number of alkyl halides is 3. The van der Waals surface area contributed by atoms with Gasteiger partial charge in [-0.25, -0.2) is 0 Å². The minimum absolute atomic E-state index is 0.0403. The second kappa shape index (κ2) is 10.5. The first-order valence-corrected chi connectivity index (χ1v) is 12.8.